The molecule has 2 N–H and O–H groups in total. The summed E-state index contributed by atoms with van der Waals surface area (Å²) in [7, 11) is 0. The molecular weight excluding hydrogens is 290 g/mol. The summed E-state index contributed by atoms with van der Waals surface area (Å²) in [4.78, 5) is 27.3. The number of carbonyl (C=O) groups is 1. The van der Waals surface area contributed by atoms with Gasteiger partial charge in [0.15, 0.2) is 5.78 Å². The highest BCUT2D eigenvalue weighted by atomic mass is 16.3. The van der Waals surface area contributed by atoms with E-state index in [2.05, 4.69) is 4.98 Å². The lowest BCUT2D eigenvalue weighted by Crippen LogP contribution is -2.12. The maximum Gasteiger partial charge on any atom is 0.255 e. The van der Waals surface area contributed by atoms with Gasteiger partial charge in [0.05, 0.1) is 5.56 Å². The Balaban J connectivity index is 2.09. The lowest BCUT2D eigenvalue weighted by atomic mass is 9.99. The predicted octanol–water partition coefficient (Wildman–Crippen LogP) is 3.29. The lowest BCUT2D eigenvalue weighted by Gasteiger charge is -2.07. The van der Waals surface area contributed by atoms with E-state index in [9.17, 15) is 14.7 Å². The molecule has 0 amide bonds. The van der Waals surface area contributed by atoms with Crippen LogP contribution >= 0.6 is 0 Å². The van der Waals surface area contributed by atoms with Crippen LogP contribution in [-0.4, -0.2) is 15.9 Å². The molecule has 2 aromatic carbocycles. The first kappa shape index (κ1) is 14.8. The number of carbonyl (C=O) groups excluding carboxylic acids is 1. The Morgan fingerprint density at radius 2 is 1.78 bits per heavy atom. The standard InChI is InChI=1S/C19H15NO3/c1-12-7-8-17(21)16(9-12)18(22)14-10-15(19(23)20-11-14)13-5-3-2-4-6-13/h2-11,21H,1H3,(H,20,23). The van der Waals surface area contributed by atoms with Gasteiger partial charge in [-0.05, 0) is 30.7 Å². The number of aryl methyl sites for hydroxylation is 1. The Bertz CT molecular complexity index is 927. The first-order valence-corrected chi connectivity index (χ1v) is 7.19. The van der Waals surface area contributed by atoms with Crippen molar-refractivity contribution in [1.29, 1.82) is 0 Å². The van der Waals surface area contributed by atoms with E-state index in [0.717, 1.165) is 11.1 Å². The summed E-state index contributed by atoms with van der Waals surface area (Å²) < 4.78 is 0. The first-order valence-electron chi connectivity index (χ1n) is 7.19. The van der Waals surface area contributed by atoms with Gasteiger partial charge in [-0.15, -0.1) is 0 Å². The Morgan fingerprint density at radius 1 is 1.04 bits per heavy atom. The quantitative estimate of drug-likeness (QED) is 0.729. The van der Waals surface area contributed by atoms with Crippen molar-refractivity contribution in [3.05, 3.63) is 87.8 Å². The van der Waals surface area contributed by atoms with E-state index in [0.29, 0.717) is 11.1 Å². The molecule has 3 rings (SSSR count). The molecule has 3 aromatic rings. The predicted molar refractivity (Wildman–Crippen MR) is 88.8 cm³/mol. The van der Waals surface area contributed by atoms with Crippen LogP contribution in [0.4, 0.5) is 0 Å². The van der Waals surface area contributed by atoms with Gasteiger partial charge in [0, 0.05) is 17.3 Å². The molecule has 4 heteroatoms. The van der Waals surface area contributed by atoms with Crippen molar-refractivity contribution in [2.24, 2.45) is 0 Å². The highest BCUT2D eigenvalue weighted by Gasteiger charge is 2.16. The van der Waals surface area contributed by atoms with Crippen molar-refractivity contribution < 1.29 is 9.90 Å². The number of rotatable bonds is 3. The number of hydrogen-bond donors (Lipinski definition) is 2. The van der Waals surface area contributed by atoms with Gasteiger partial charge in [0.2, 0.25) is 0 Å². The largest absolute Gasteiger partial charge is 0.507 e. The number of benzene rings is 2. The van der Waals surface area contributed by atoms with E-state index in [-0.39, 0.29) is 22.7 Å². The number of aromatic nitrogens is 1. The third-order valence-corrected chi connectivity index (χ3v) is 3.65. The summed E-state index contributed by atoms with van der Waals surface area (Å²) in [5, 5.41) is 9.91. The second kappa shape index (κ2) is 5.93. The molecule has 0 radical (unpaired) electrons. The second-order valence-corrected chi connectivity index (χ2v) is 5.35. The van der Waals surface area contributed by atoms with Gasteiger partial charge in [0.1, 0.15) is 5.75 Å². The van der Waals surface area contributed by atoms with Crippen LogP contribution in [0.25, 0.3) is 11.1 Å². The normalized spacial score (nSPS) is 10.5. The summed E-state index contributed by atoms with van der Waals surface area (Å²) in [6.45, 7) is 1.85. The smallest absolute Gasteiger partial charge is 0.255 e. The van der Waals surface area contributed by atoms with Crippen LogP contribution < -0.4 is 5.56 Å². The molecular formula is C19H15NO3. The maximum absolute atomic E-state index is 12.6. The Labute approximate surface area is 133 Å². The zero-order valence-electron chi connectivity index (χ0n) is 12.5. The summed E-state index contributed by atoms with van der Waals surface area (Å²) in [6.07, 6.45) is 1.37. The van der Waals surface area contributed by atoms with Crippen molar-refractivity contribution in [2.75, 3.05) is 0 Å². The summed E-state index contributed by atoms with van der Waals surface area (Å²) in [5.74, 6) is -0.410. The van der Waals surface area contributed by atoms with Crippen LogP contribution in [0, 0.1) is 6.92 Å². The molecule has 0 spiro atoms. The number of phenolic OH excluding ortho intramolecular Hbond substituents is 1. The van der Waals surface area contributed by atoms with Crippen molar-refractivity contribution >= 4 is 5.78 Å². The van der Waals surface area contributed by atoms with E-state index in [1.54, 1.807) is 18.2 Å². The van der Waals surface area contributed by atoms with E-state index in [4.69, 9.17) is 0 Å². The molecule has 0 atom stereocenters. The van der Waals surface area contributed by atoms with Crippen LogP contribution in [0.3, 0.4) is 0 Å². The van der Waals surface area contributed by atoms with Gasteiger partial charge < -0.3 is 10.1 Å². The summed E-state index contributed by atoms with van der Waals surface area (Å²) in [5.41, 5.74) is 2.31. The molecule has 0 aliphatic carbocycles. The fourth-order valence-corrected chi connectivity index (χ4v) is 2.43. The van der Waals surface area contributed by atoms with E-state index < -0.39 is 0 Å². The average molecular weight is 305 g/mol. The Morgan fingerprint density at radius 3 is 2.52 bits per heavy atom. The average Bonchev–Trinajstić information content (AvgIpc) is 2.57. The fourth-order valence-electron chi connectivity index (χ4n) is 2.43. The van der Waals surface area contributed by atoms with Gasteiger partial charge in [-0.1, -0.05) is 42.0 Å². The topological polar surface area (TPSA) is 70.2 Å². The third-order valence-electron chi connectivity index (χ3n) is 3.65. The maximum atomic E-state index is 12.6. The van der Waals surface area contributed by atoms with Crippen molar-refractivity contribution in [3.63, 3.8) is 0 Å². The number of hydrogen-bond acceptors (Lipinski definition) is 3. The Kier molecular flexibility index (Phi) is 3.81. The highest BCUT2D eigenvalue weighted by molar-refractivity contribution is 6.11. The van der Waals surface area contributed by atoms with Gasteiger partial charge in [-0.3, -0.25) is 9.59 Å². The molecule has 0 bridgehead atoms. The fraction of sp³-hybridized carbons (Fsp3) is 0.0526. The zero-order chi connectivity index (χ0) is 16.4. The molecule has 0 aliphatic heterocycles. The van der Waals surface area contributed by atoms with Crippen LogP contribution in [0.15, 0.2) is 65.6 Å². The van der Waals surface area contributed by atoms with Gasteiger partial charge in [0.25, 0.3) is 5.56 Å². The minimum atomic E-state index is -0.334. The van der Waals surface area contributed by atoms with Gasteiger partial charge in [-0.25, -0.2) is 0 Å². The summed E-state index contributed by atoms with van der Waals surface area (Å²) in [6, 6.07) is 15.5. The number of ketones is 1. The lowest BCUT2D eigenvalue weighted by molar-refractivity contribution is 0.103. The molecule has 1 aromatic heterocycles. The molecule has 0 fully saturated rings. The molecule has 0 aliphatic rings. The molecule has 23 heavy (non-hydrogen) atoms. The van der Waals surface area contributed by atoms with Crippen molar-refractivity contribution in [3.8, 4) is 16.9 Å². The first-order chi connectivity index (χ1) is 11.1. The van der Waals surface area contributed by atoms with Crippen LogP contribution in [0.1, 0.15) is 21.5 Å². The third kappa shape index (κ3) is 2.92. The van der Waals surface area contributed by atoms with Gasteiger partial charge in [-0.2, -0.15) is 0 Å². The minimum absolute atomic E-state index is 0.0759. The molecule has 4 nitrogen and oxygen atoms in total. The zero-order valence-corrected chi connectivity index (χ0v) is 12.5. The Hall–Kier alpha value is -3.14. The van der Waals surface area contributed by atoms with E-state index in [1.807, 2.05) is 37.3 Å². The van der Waals surface area contributed by atoms with Crippen LogP contribution in [0.5, 0.6) is 5.75 Å². The van der Waals surface area contributed by atoms with Gasteiger partial charge >= 0.3 is 0 Å². The highest BCUT2D eigenvalue weighted by Crippen LogP contribution is 2.23. The monoisotopic (exact) mass is 305 g/mol. The number of phenols is 1. The summed E-state index contributed by atoms with van der Waals surface area (Å²) >= 11 is 0. The molecule has 1 heterocycles. The molecule has 114 valence electrons. The van der Waals surface area contributed by atoms with Crippen LogP contribution in [-0.2, 0) is 0 Å². The molecule has 0 saturated heterocycles. The number of nitrogens with one attached hydrogen (secondary N) is 1. The van der Waals surface area contributed by atoms with Crippen LogP contribution in [0.2, 0.25) is 0 Å². The number of aromatic hydroxyl groups is 1. The minimum Gasteiger partial charge on any atom is -0.507 e. The second-order valence-electron chi connectivity index (χ2n) is 5.35. The SMILES string of the molecule is Cc1ccc(O)c(C(=O)c2c[nH]c(=O)c(-c3ccccc3)c2)c1. The van der Waals surface area contributed by atoms with Crippen molar-refractivity contribution in [1.82, 2.24) is 4.98 Å². The van der Waals surface area contributed by atoms with E-state index in [1.165, 1.54) is 12.3 Å². The number of pyridine rings is 1. The molecule has 0 saturated carbocycles. The number of H-pyrrole nitrogens is 1. The van der Waals surface area contributed by atoms with Crippen molar-refractivity contribution in [2.45, 2.75) is 6.92 Å². The number of aromatic amines is 1. The van der Waals surface area contributed by atoms with E-state index >= 15 is 0 Å². The molecule has 0 unspecified atom stereocenters.